The molecule has 1 aromatic carbocycles. The number of unbranched alkanes of at least 4 members (excludes halogenated alkanes) is 1. The molecule has 0 amide bonds. The first-order valence-electron chi connectivity index (χ1n) is 7.91. The average Bonchev–Trinajstić information content (AvgIpc) is 2.57. The maximum absolute atomic E-state index is 12.0. The number of aromatic nitrogens is 2. The Morgan fingerprint density at radius 1 is 1.29 bits per heavy atom. The molecule has 0 unspecified atom stereocenters. The highest BCUT2D eigenvalue weighted by Crippen LogP contribution is 2.25. The third-order valence-electron chi connectivity index (χ3n) is 3.19. The van der Waals surface area contributed by atoms with E-state index in [-0.39, 0.29) is 18.1 Å². The number of esters is 1. The van der Waals surface area contributed by atoms with E-state index in [1.807, 2.05) is 24.3 Å². The van der Waals surface area contributed by atoms with Crippen LogP contribution in [-0.2, 0) is 4.74 Å². The number of para-hydroxylation sites is 2. The van der Waals surface area contributed by atoms with Gasteiger partial charge in [0.15, 0.2) is 0 Å². The van der Waals surface area contributed by atoms with Crippen LogP contribution in [0.15, 0.2) is 35.3 Å². The van der Waals surface area contributed by atoms with Crippen LogP contribution in [0.2, 0.25) is 0 Å². The molecule has 0 aliphatic rings. The van der Waals surface area contributed by atoms with Crippen molar-refractivity contribution in [3.63, 3.8) is 0 Å². The zero-order valence-corrected chi connectivity index (χ0v) is 13.8. The molecular formula is C17H21N3O4. The quantitative estimate of drug-likeness (QED) is 0.571. The minimum Gasteiger partial charge on any atom is -0.491 e. The Morgan fingerprint density at radius 2 is 2.08 bits per heavy atom. The molecule has 7 heteroatoms. The third kappa shape index (κ3) is 4.58. The highest BCUT2D eigenvalue weighted by atomic mass is 16.5. The van der Waals surface area contributed by atoms with E-state index < -0.39 is 11.5 Å². The maximum atomic E-state index is 12.0. The number of carbonyl (C=O) groups excluding carboxylic acids is 1. The van der Waals surface area contributed by atoms with Crippen molar-refractivity contribution in [3.8, 4) is 5.75 Å². The second kappa shape index (κ2) is 8.71. The van der Waals surface area contributed by atoms with Gasteiger partial charge in [0.1, 0.15) is 11.3 Å². The summed E-state index contributed by atoms with van der Waals surface area (Å²) >= 11 is 0. The van der Waals surface area contributed by atoms with Gasteiger partial charge in [0.25, 0.3) is 5.56 Å². The van der Waals surface area contributed by atoms with Gasteiger partial charge in [0, 0.05) is 0 Å². The molecule has 2 aromatic rings. The normalized spacial score (nSPS) is 10.2. The third-order valence-corrected chi connectivity index (χ3v) is 3.19. The Hall–Kier alpha value is -2.83. The van der Waals surface area contributed by atoms with Crippen molar-refractivity contribution in [3.05, 3.63) is 46.4 Å². The van der Waals surface area contributed by atoms with Crippen molar-refractivity contribution in [2.75, 3.05) is 18.5 Å². The highest BCUT2D eigenvalue weighted by molar-refractivity contribution is 5.88. The van der Waals surface area contributed by atoms with Gasteiger partial charge in [-0.05, 0) is 25.5 Å². The van der Waals surface area contributed by atoms with Gasteiger partial charge in [-0.25, -0.2) is 9.78 Å². The lowest BCUT2D eigenvalue weighted by Gasteiger charge is -2.12. The number of nitrogens with zero attached hydrogens (tertiary/aromatic N) is 1. The molecule has 0 spiro atoms. The molecule has 0 aliphatic heterocycles. The fourth-order valence-electron chi connectivity index (χ4n) is 1.96. The molecule has 2 rings (SSSR count). The lowest BCUT2D eigenvalue weighted by atomic mass is 10.3. The number of aromatic amines is 1. The first-order valence-corrected chi connectivity index (χ1v) is 7.91. The lowest BCUT2D eigenvalue weighted by molar-refractivity contribution is 0.0524. The summed E-state index contributed by atoms with van der Waals surface area (Å²) in [6.45, 7) is 4.57. The van der Waals surface area contributed by atoms with Gasteiger partial charge in [-0.3, -0.25) is 9.78 Å². The molecule has 128 valence electrons. The summed E-state index contributed by atoms with van der Waals surface area (Å²) < 4.78 is 10.5. The molecule has 0 saturated carbocycles. The first-order chi connectivity index (χ1) is 11.7. The molecule has 1 aromatic heterocycles. The summed E-state index contributed by atoms with van der Waals surface area (Å²) in [5.41, 5.74) is -0.00847. The van der Waals surface area contributed by atoms with E-state index in [4.69, 9.17) is 9.47 Å². The van der Waals surface area contributed by atoms with E-state index in [2.05, 4.69) is 22.2 Å². The van der Waals surface area contributed by atoms with Crippen LogP contribution in [0.4, 0.5) is 11.6 Å². The molecule has 0 fully saturated rings. The second-order valence-electron chi connectivity index (χ2n) is 5.02. The maximum Gasteiger partial charge on any atom is 0.345 e. The zero-order valence-electron chi connectivity index (χ0n) is 13.8. The smallest absolute Gasteiger partial charge is 0.345 e. The predicted molar refractivity (Wildman–Crippen MR) is 90.9 cm³/mol. The molecule has 0 bridgehead atoms. The molecule has 1 heterocycles. The Bertz CT molecular complexity index is 743. The van der Waals surface area contributed by atoms with E-state index in [0.717, 1.165) is 12.8 Å². The number of H-pyrrole nitrogens is 1. The Labute approximate surface area is 140 Å². The number of anilines is 2. The predicted octanol–water partition coefficient (Wildman–Crippen LogP) is 2.87. The Morgan fingerprint density at radius 3 is 2.79 bits per heavy atom. The topological polar surface area (TPSA) is 93.3 Å². The molecule has 0 saturated heterocycles. The molecule has 24 heavy (non-hydrogen) atoms. The fourth-order valence-corrected chi connectivity index (χ4v) is 1.96. The summed E-state index contributed by atoms with van der Waals surface area (Å²) in [6, 6.07) is 7.37. The summed E-state index contributed by atoms with van der Waals surface area (Å²) in [4.78, 5) is 30.2. The SMILES string of the molecule is CCCCOc1ccccc1Nc1ncc(C(=O)OCC)c(=O)[nH]1. The van der Waals surface area contributed by atoms with Crippen LogP contribution in [0, 0.1) is 0 Å². The van der Waals surface area contributed by atoms with E-state index in [0.29, 0.717) is 18.0 Å². The summed E-state index contributed by atoms with van der Waals surface area (Å²) in [5, 5.41) is 2.99. The number of ether oxygens (including phenoxy) is 2. The van der Waals surface area contributed by atoms with Crippen LogP contribution in [0.5, 0.6) is 5.75 Å². The molecular weight excluding hydrogens is 310 g/mol. The standard InChI is InChI=1S/C17H21N3O4/c1-3-5-10-24-14-9-7-6-8-13(14)19-17-18-11-12(15(21)20-17)16(22)23-4-2/h6-9,11H,3-5,10H2,1-2H3,(H2,18,19,20,21). The van der Waals surface area contributed by atoms with Crippen molar-refractivity contribution in [2.45, 2.75) is 26.7 Å². The highest BCUT2D eigenvalue weighted by Gasteiger charge is 2.13. The number of carbonyl (C=O) groups is 1. The zero-order chi connectivity index (χ0) is 17.4. The molecule has 0 radical (unpaired) electrons. The Kier molecular flexibility index (Phi) is 6.36. The summed E-state index contributed by atoms with van der Waals surface area (Å²) in [5.74, 6) is 0.198. The van der Waals surface area contributed by atoms with Crippen molar-refractivity contribution in [1.82, 2.24) is 9.97 Å². The van der Waals surface area contributed by atoms with Crippen molar-refractivity contribution >= 4 is 17.6 Å². The first kappa shape index (κ1) is 17.5. The van der Waals surface area contributed by atoms with E-state index in [9.17, 15) is 9.59 Å². The summed E-state index contributed by atoms with van der Waals surface area (Å²) in [6.07, 6.45) is 3.19. The minimum absolute atomic E-state index is 0.130. The van der Waals surface area contributed by atoms with Gasteiger partial charge in [-0.1, -0.05) is 25.5 Å². The molecule has 7 nitrogen and oxygen atoms in total. The van der Waals surface area contributed by atoms with Crippen LogP contribution in [0.1, 0.15) is 37.0 Å². The van der Waals surface area contributed by atoms with Gasteiger partial charge < -0.3 is 14.8 Å². The molecule has 2 N–H and O–H groups in total. The van der Waals surface area contributed by atoms with Gasteiger partial charge >= 0.3 is 5.97 Å². The van der Waals surface area contributed by atoms with Crippen LogP contribution < -0.4 is 15.6 Å². The average molecular weight is 331 g/mol. The number of nitrogens with one attached hydrogen (secondary N) is 2. The molecule has 0 aliphatic carbocycles. The summed E-state index contributed by atoms with van der Waals surface area (Å²) in [7, 11) is 0. The van der Waals surface area contributed by atoms with E-state index >= 15 is 0 Å². The van der Waals surface area contributed by atoms with Crippen LogP contribution in [0.25, 0.3) is 0 Å². The Balaban J connectivity index is 2.15. The van der Waals surface area contributed by atoms with Gasteiger partial charge in [-0.15, -0.1) is 0 Å². The second-order valence-corrected chi connectivity index (χ2v) is 5.02. The van der Waals surface area contributed by atoms with E-state index in [1.165, 1.54) is 6.20 Å². The van der Waals surface area contributed by atoms with Gasteiger partial charge in [0.05, 0.1) is 25.1 Å². The number of rotatable bonds is 8. The fraction of sp³-hybridized carbons (Fsp3) is 0.353. The van der Waals surface area contributed by atoms with Gasteiger partial charge in [0.2, 0.25) is 5.95 Å². The van der Waals surface area contributed by atoms with Crippen LogP contribution in [0.3, 0.4) is 0 Å². The monoisotopic (exact) mass is 331 g/mol. The lowest BCUT2D eigenvalue weighted by Crippen LogP contribution is -2.21. The van der Waals surface area contributed by atoms with Crippen molar-refractivity contribution in [1.29, 1.82) is 0 Å². The number of hydrogen-bond donors (Lipinski definition) is 2. The molecule has 0 atom stereocenters. The van der Waals surface area contributed by atoms with Crippen molar-refractivity contribution in [2.24, 2.45) is 0 Å². The van der Waals surface area contributed by atoms with Crippen LogP contribution in [-0.4, -0.2) is 29.2 Å². The van der Waals surface area contributed by atoms with Crippen LogP contribution >= 0.6 is 0 Å². The largest absolute Gasteiger partial charge is 0.491 e. The van der Waals surface area contributed by atoms with Crippen molar-refractivity contribution < 1.29 is 14.3 Å². The van der Waals surface area contributed by atoms with Gasteiger partial charge in [-0.2, -0.15) is 0 Å². The minimum atomic E-state index is -0.693. The number of benzene rings is 1. The number of hydrogen-bond acceptors (Lipinski definition) is 6. The van der Waals surface area contributed by atoms with E-state index in [1.54, 1.807) is 6.92 Å².